The summed E-state index contributed by atoms with van der Waals surface area (Å²) in [7, 11) is 0. The lowest BCUT2D eigenvalue weighted by Crippen LogP contribution is -2.29. The largest absolute Gasteiger partial charge is 0.459 e. The van der Waals surface area contributed by atoms with Gasteiger partial charge in [0.25, 0.3) is 0 Å². The first kappa shape index (κ1) is 20.7. The van der Waals surface area contributed by atoms with Crippen LogP contribution in [0.1, 0.15) is 54.4 Å². The maximum Gasteiger partial charge on any atom is 0.317 e. The molecule has 0 aromatic carbocycles. The predicted molar refractivity (Wildman–Crippen MR) is 82.5 cm³/mol. The van der Waals surface area contributed by atoms with Crippen LogP contribution in [0.25, 0.3) is 0 Å². The molecule has 0 spiro atoms. The van der Waals surface area contributed by atoms with Crippen molar-refractivity contribution in [2.24, 2.45) is 0 Å². The highest BCUT2D eigenvalue weighted by Crippen LogP contribution is 2.07. The van der Waals surface area contributed by atoms with E-state index in [1.165, 1.54) is 0 Å². The highest BCUT2D eigenvalue weighted by Gasteiger charge is 2.14. The lowest BCUT2D eigenvalue weighted by molar-refractivity contribution is -0.151. The summed E-state index contributed by atoms with van der Waals surface area (Å²) in [4.78, 5) is 23.3. The summed E-state index contributed by atoms with van der Waals surface area (Å²) in [6.07, 6.45) is 2.11. The zero-order chi connectivity index (χ0) is 15.5. The van der Waals surface area contributed by atoms with Gasteiger partial charge in [-0.2, -0.15) is 0 Å². The first-order valence-electron chi connectivity index (χ1n) is 6.71. The third-order valence-electron chi connectivity index (χ3n) is 1.96. The fourth-order valence-electron chi connectivity index (χ4n) is 1.34. The van der Waals surface area contributed by atoms with Gasteiger partial charge >= 0.3 is 5.97 Å². The second kappa shape index (κ2) is 11.3. The van der Waals surface area contributed by atoms with E-state index in [-0.39, 0.29) is 22.8 Å². The Bertz CT molecular complexity index is 256. The van der Waals surface area contributed by atoms with Crippen LogP contribution in [0.15, 0.2) is 0 Å². The molecule has 0 saturated carbocycles. The molecule has 114 valence electrons. The number of hydrogen-bond acceptors (Lipinski definition) is 3. The van der Waals surface area contributed by atoms with Crippen LogP contribution < -0.4 is 0 Å². The molecule has 0 radical (unpaired) electrons. The summed E-state index contributed by atoms with van der Waals surface area (Å²) >= 11 is 2.99. The molecule has 0 saturated heterocycles. The Morgan fingerprint density at radius 1 is 1.11 bits per heavy atom. The molecule has 0 bridgehead atoms. The Morgan fingerprint density at radius 3 is 1.68 bits per heavy atom. The van der Waals surface area contributed by atoms with Crippen molar-refractivity contribution in [2.45, 2.75) is 60.0 Å². The standard InChI is InChI=1S/C8H17NO.C6H11BrO2/c1-4-6-9(7-5-2)8(3)10;1-6(2,3)9-5(8)4-7/h4-7H2,1-3H3;4H2,1-3H3. The maximum atomic E-state index is 10.8. The van der Waals surface area contributed by atoms with Crippen molar-refractivity contribution in [3.63, 3.8) is 0 Å². The average molecular weight is 338 g/mol. The highest BCUT2D eigenvalue weighted by atomic mass is 79.9. The molecule has 19 heavy (non-hydrogen) atoms. The fraction of sp³-hybridized carbons (Fsp3) is 0.857. The molecule has 0 aliphatic heterocycles. The van der Waals surface area contributed by atoms with Crippen LogP contribution in [0.4, 0.5) is 0 Å². The molecule has 0 aliphatic rings. The van der Waals surface area contributed by atoms with Crippen LogP contribution in [0.5, 0.6) is 0 Å². The summed E-state index contributed by atoms with van der Waals surface area (Å²) in [6.45, 7) is 13.1. The van der Waals surface area contributed by atoms with Crippen LogP contribution in [0.2, 0.25) is 0 Å². The van der Waals surface area contributed by atoms with E-state index in [0.717, 1.165) is 25.9 Å². The van der Waals surface area contributed by atoms with Crippen LogP contribution >= 0.6 is 15.9 Å². The Hall–Kier alpha value is -0.580. The predicted octanol–water partition coefficient (Wildman–Crippen LogP) is 3.38. The van der Waals surface area contributed by atoms with E-state index in [1.807, 2.05) is 25.7 Å². The molecule has 0 atom stereocenters. The zero-order valence-corrected chi connectivity index (χ0v) is 14.7. The number of alkyl halides is 1. The van der Waals surface area contributed by atoms with Crippen molar-refractivity contribution < 1.29 is 14.3 Å². The van der Waals surface area contributed by atoms with E-state index in [9.17, 15) is 9.59 Å². The van der Waals surface area contributed by atoms with E-state index >= 15 is 0 Å². The van der Waals surface area contributed by atoms with Crippen molar-refractivity contribution >= 4 is 27.8 Å². The van der Waals surface area contributed by atoms with Crippen LogP contribution in [0, 0.1) is 0 Å². The van der Waals surface area contributed by atoms with Gasteiger partial charge in [-0.1, -0.05) is 29.8 Å². The number of rotatable bonds is 5. The first-order valence-corrected chi connectivity index (χ1v) is 7.83. The second-order valence-electron chi connectivity index (χ2n) is 5.23. The van der Waals surface area contributed by atoms with Gasteiger partial charge in [0.2, 0.25) is 5.91 Å². The van der Waals surface area contributed by atoms with Crippen molar-refractivity contribution in [3.8, 4) is 0 Å². The molecule has 5 heteroatoms. The number of hydrogen-bond donors (Lipinski definition) is 0. The molecule has 0 heterocycles. The summed E-state index contributed by atoms with van der Waals surface area (Å²) in [6, 6.07) is 0. The molecule has 4 nitrogen and oxygen atoms in total. The Labute approximate surface area is 126 Å². The van der Waals surface area contributed by atoms with E-state index in [1.54, 1.807) is 6.92 Å². The Balaban J connectivity index is 0. The summed E-state index contributed by atoms with van der Waals surface area (Å²) in [5, 5.41) is 0.268. The lowest BCUT2D eigenvalue weighted by Gasteiger charge is -2.18. The molecule has 0 aromatic rings. The number of carbonyl (C=O) groups is 2. The molecule has 0 N–H and O–H groups in total. The van der Waals surface area contributed by atoms with Gasteiger partial charge in [-0.15, -0.1) is 0 Å². The van der Waals surface area contributed by atoms with Crippen molar-refractivity contribution in [1.82, 2.24) is 4.90 Å². The molecule has 0 rings (SSSR count). The first-order chi connectivity index (χ1) is 8.67. The monoisotopic (exact) mass is 337 g/mol. The van der Waals surface area contributed by atoms with Crippen LogP contribution in [-0.4, -0.2) is 40.8 Å². The molecule has 0 aliphatic carbocycles. The van der Waals surface area contributed by atoms with Gasteiger partial charge in [0.1, 0.15) is 10.9 Å². The summed E-state index contributed by atoms with van der Waals surface area (Å²) < 4.78 is 4.90. The van der Waals surface area contributed by atoms with E-state index in [0.29, 0.717) is 0 Å². The molecular formula is C14H28BrNO3. The molecule has 0 aromatic heterocycles. The normalized spacial score (nSPS) is 10.3. The van der Waals surface area contributed by atoms with Crippen LogP contribution in [-0.2, 0) is 14.3 Å². The zero-order valence-electron chi connectivity index (χ0n) is 13.1. The third kappa shape index (κ3) is 15.4. The minimum atomic E-state index is -0.356. The smallest absolute Gasteiger partial charge is 0.317 e. The lowest BCUT2D eigenvalue weighted by atomic mass is 10.2. The van der Waals surface area contributed by atoms with Crippen molar-refractivity contribution in [1.29, 1.82) is 0 Å². The van der Waals surface area contributed by atoms with Gasteiger partial charge in [0, 0.05) is 20.0 Å². The Kier molecular flexibility index (Phi) is 12.3. The number of nitrogens with zero attached hydrogens (tertiary/aromatic N) is 1. The number of esters is 1. The topological polar surface area (TPSA) is 46.6 Å². The van der Waals surface area contributed by atoms with Gasteiger partial charge < -0.3 is 9.64 Å². The molecule has 1 amide bonds. The van der Waals surface area contributed by atoms with Gasteiger partial charge in [-0.05, 0) is 33.6 Å². The van der Waals surface area contributed by atoms with Crippen molar-refractivity contribution in [3.05, 3.63) is 0 Å². The molecule has 0 fully saturated rings. The Morgan fingerprint density at radius 2 is 1.53 bits per heavy atom. The van der Waals surface area contributed by atoms with Gasteiger partial charge in [0.15, 0.2) is 0 Å². The number of carbonyl (C=O) groups excluding carboxylic acids is 2. The minimum absolute atomic E-state index is 0.198. The number of halogens is 1. The van der Waals surface area contributed by atoms with E-state index in [2.05, 4.69) is 29.8 Å². The average Bonchev–Trinajstić information content (AvgIpc) is 2.27. The quantitative estimate of drug-likeness (QED) is 0.570. The van der Waals surface area contributed by atoms with E-state index < -0.39 is 0 Å². The molecule has 0 unspecified atom stereocenters. The highest BCUT2D eigenvalue weighted by molar-refractivity contribution is 9.09. The van der Waals surface area contributed by atoms with Gasteiger partial charge in [-0.3, -0.25) is 9.59 Å². The second-order valence-corrected chi connectivity index (χ2v) is 5.79. The molecular weight excluding hydrogens is 310 g/mol. The number of amides is 1. The fourth-order valence-corrected chi connectivity index (χ4v) is 1.45. The van der Waals surface area contributed by atoms with E-state index in [4.69, 9.17) is 4.74 Å². The third-order valence-corrected chi connectivity index (χ3v) is 2.42. The number of ether oxygens (including phenoxy) is 1. The summed E-state index contributed by atoms with van der Waals surface area (Å²) in [5.41, 5.74) is -0.356. The summed E-state index contributed by atoms with van der Waals surface area (Å²) in [5.74, 6) is -0.0220. The maximum absolute atomic E-state index is 10.8. The minimum Gasteiger partial charge on any atom is -0.459 e. The van der Waals surface area contributed by atoms with Crippen molar-refractivity contribution in [2.75, 3.05) is 18.4 Å². The van der Waals surface area contributed by atoms with Crippen LogP contribution in [0.3, 0.4) is 0 Å². The van der Waals surface area contributed by atoms with Gasteiger partial charge in [0.05, 0.1) is 0 Å². The van der Waals surface area contributed by atoms with Gasteiger partial charge in [-0.25, -0.2) is 0 Å². The SMILES string of the molecule is CC(C)(C)OC(=O)CBr.CCCN(CCC)C(C)=O.